The second-order valence-corrected chi connectivity index (χ2v) is 9.94. The van der Waals surface area contributed by atoms with Crippen LogP contribution in [0.25, 0.3) is 31.4 Å². The summed E-state index contributed by atoms with van der Waals surface area (Å²) in [6.07, 6.45) is 0. The van der Waals surface area contributed by atoms with Gasteiger partial charge in [-0.1, -0.05) is 6.07 Å². The van der Waals surface area contributed by atoms with Crippen molar-refractivity contribution in [3.8, 4) is 26.9 Å². The second-order valence-electron chi connectivity index (χ2n) is 7.99. The van der Waals surface area contributed by atoms with E-state index in [0.29, 0.717) is 23.8 Å². The summed E-state index contributed by atoms with van der Waals surface area (Å²) in [6, 6.07) is 11.9. The molecule has 8 nitrogen and oxygen atoms in total. The Bertz CT molecular complexity index is 1460. The number of fused-ring (bicyclic) bond motifs is 1. The third-order valence-corrected chi connectivity index (χ3v) is 7.78. The summed E-state index contributed by atoms with van der Waals surface area (Å²) < 4.78 is 5.75. The molecule has 178 valence electrons. The molecule has 0 unspecified atom stereocenters. The van der Waals surface area contributed by atoms with Crippen LogP contribution in [0.4, 0.5) is 5.82 Å². The van der Waals surface area contributed by atoms with E-state index in [9.17, 15) is 9.59 Å². The molecule has 1 aromatic carbocycles. The first-order valence-corrected chi connectivity index (χ1v) is 12.7. The lowest BCUT2D eigenvalue weighted by atomic mass is 10.1. The summed E-state index contributed by atoms with van der Waals surface area (Å²) in [5, 5.41) is 11.3. The van der Waals surface area contributed by atoms with Crippen LogP contribution in [0, 0.1) is 6.92 Å². The van der Waals surface area contributed by atoms with Gasteiger partial charge in [0.25, 0.3) is 11.8 Å². The van der Waals surface area contributed by atoms with Crippen molar-refractivity contribution in [2.45, 2.75) is 13.8 Å². The average Bonchev–Trinajstić information content (AvgIpc) is 3.56. The van der Waals surface area contributed by atoms with Crippen LogP contribution in [0.2, 0.25) is 0 Å². The number of nitrogens with zero attached hydrogens (tertiary/aromatic N) is 2. The maximum atomic E-state index is 12.4. The lowest BCUT2D eigenvalue weighted by Crippen LogP contribution is -2.24. The highest BCUT2D eigenvalue weighted by molar-refractivity contribution is 7.22. The number of benzene rings is 1. The standard InChI is InChI=1S/C25H23N5O3S2/c1-13-18-22(27-19-14(2)23(31)30-24(19)32)28-21(17-5-4-12-34-17)29-25(18)35-20(13)15-6-8-16(9-7-15)33-11-10-26-3/h4-9,12,26H,10-11H2,1-3H3,(H2,27,28,29,30,31,32). The molecule has 0 fully saturated rings. The highest BCUT2D eigenvalue weighted by Gasteiger charge is 2.29. The van der Waals surface area contributed by atoms with E-state index in [1.165, 1.54) is 0 Å². The Morgan fingerprint density at radius 3 is 2.51 bits per heavy atom. The fourth-order valence-electron chi connectivity index (χ4n) is 3.81. The van der Waals surface area contributed by atoms with E-state index in [-0.39, 0.29) is 5.70 Å². The van der Waals surface area contributed by atoms with Crippen LogP contribution >= 0.6 is 22.7 Å². The molecule has 0 saturated heterocycles. The minimum absolute atomic E-state index is 0.211. The number of rotatable bonds is 8. The number of thiophene rings is 2. The Balaban J connectivity index is 1.59. The number of ether oxygens (including phenoxy) is 1. The molecule has 0 aliphatic carbocycles. The predicted octanol–water partition coefficient (Wildman–Crippen LogP) is 4.34. The number of aromatic nitrogens is 2. The average molecular weight is 506 g/mol. The lowest BCUT2D eigenvalue weighted by Gasteiger charge is -2.10. The van der Waals surface area contributed by atoms with Crippen LogP contribution < -0.4 is 20.7 Å². The third kappa shape index (κ3) is 4.43. The molecule has 0 bridgehead atoms. The summed E-state index contributed by atoms with van der Waals surface area (Å²) in [4.78, 5) is 36.8. The van der Waals surface area contributed by atoms with Gasteiger partial charge in [0, 0.05) is 17.0 Å². The number of nitrogens with one attached hydrogen (secondary N) is 3. The molecule has 0 spiro atoms. The summed E-state index contributed by atoms with van der Waals surface area (Å²) in [5.41, 5.74) is 2.58. The normalized spacial score (nSPS) is 13.6. The van der Waals surface area contributed by atoms with Gasteiger partial charge in [0.2, 0.25) is 0 Å². The molecule has 4 heterocycles. The monoisotopic (exact) mass is 505 g/mol. The Morgan fingerprint density at radius 2 is 1.86 bits per heavy atom. The van der Waals surface area contributed by atoms with E-state index < -0.39 is 11.8 Å². The fourth-order valence-corrected chi connectivity index (χ4v) is 5.65. The van der Waals surface area contributed by atoms with Crippen LogP contribution in [0.3, 0.4) is 0 Å². The van der Waals surface area contributed by atoms with Crippen LogP contribution in [-0.2, 0) is 9.59 Å². The summed E-state index contributed by atoms with van der Waals surface area (Å²) >= 11 is 3.11. The van der Waals surface area contributed by atoms with E-state index >= 15 is 0 Å². The number of hydrogen-bond donors (Lipinski definition) is 3. The van der Waals surface area contributed by atoms with E-state index in [1.54, 1.807) is 29.6 Å². The van der Waals surface area contributed by atoms with E-state index in [1.807, 2.05) is 55.7 Å². The van der Waals surface area contributed by atoms with Crippen molar-refractivity contribution in [1.29, 1.82) is 0 Å². The zero-order chi connectivity index (χ0) is 24.5. The molecule has 2 amide bonds. The van der Waals surface area contributed by atoms with Gasteiger partial charge in [0.1, 0.15) is 28.7 Å². The van der Waals surface area contributed by atoms with Crippen LogP contribution in [0.1, 0.15) is 12.5 Å². The molecule has 35 heavy (non-hydrogen) atoms. The number of carbonyl (C=O) groups is 2. The van der Waals surface area contributed by atoms with E-state index in [4.69, 9.17) is 14.7 Å². The van der Waals surface area contributed by atoms with Crippen LogP contribution in [-0.4, -0.2) is 42.0 Å². The van der Waals surface area contributed by atoms with Gasteiger partial charge in [-0.25, -0.2) is 9.97 Å². The molecule has 0 atom stereocenters. The van der Waals surface area contributed by atoms with Crippen molar-refractivity contribution in [2.75, 3.05) is 25.5 Å². The summed E-state index contributed by atoms with van der Waals surface area (Å²) in [5.74, 6) is 1.02. The molecule has 5 rings (SSSR count). The Labute approximate surface area is 210 Å². The van der Waals surface area contributed by atoms with Crippen molar-refractivity contribution in [2.24, 2.45) is 0 Å². The molecule has 1 aliphatic rings. The molecule has 0 radical (unpaired) electrons. The Kier molecular flexibility index (Phi) is 6.33. The number of anilines is 1. The number of carbonyl (C=O) groups excluding carboxylic acids is 2. The van der Waals surface area contributed by atoms with Crippen molar-refractivity contribution in [1.82, 2.24) is 20.6 Å². The molecule has 3 aromatic heterocycles. The Morgan fingerprint density at radius 1 is 1.06 bits per heavy atom. The van der Waals surface area contributed by atoms with Gasteiger partial charge in [-0.3, -0.25) is 14.9 Å². The highest BCUT2D eigenvalue weighted by Crippen LogP contribution is 2.42. The number of likely N-dealkylation sites (N-methyl/N-ethyl adjacent to an activating group) is 1. The molecular formula is C25H23N5O3S2. The molecule has 1 aliphatic heterocycles. The van der Waals surface area contributed by atoms with Crippen LogP contribution in [0.15, 0.2) is 53.0 Å². The fraction of sp³-hybridized carbons (Fsp3) is 0.200. The first kappa shape index (κ1) is 23.2. The number of amides is 2. The van der Waals surface area contributed by atoms with Crippen LogP contribution in [0.5, 0.6) is 5.75 Å². The largest absolute Gasteiger partial charge is 0.492 e. The van der Waals surface area contributed by atoms with Gasteiger partial charge in [0.05, 0.1) is 10.3 Å². The number of hydrogen-bond acceptors (Lipinski definition) is 9. The van der Waals surface area contributed by atoms with E-state index in [2.05, 4.69) is 16.0 Å². The predicted molar refractivity (Wildman–Crippen MR) is 140 cm³/mol. The summed E-state index contributed by atoms with van der Waals surface area (Å²) in [7, 11) is 1.89. The molecule has 0 saturated carbocycles. The van der Waals surface area contributed by atoms with Gasteiger partial charge in [-0.05, 0) is 67.7 Å². The van der Waals surface area contributed by atoms with Crippen molar-refractivity contribution >= 4 is 50.5 Å². The molecule has 3 N–H and O–H groups in total. The lowest BCUT2D eigenvalue weighted by molar-refractivity contribution is -0.124. The smallest absolute Gasteiger partial charge is 0.275 e. The van der Waals surface area contributed by atoms with Gasteiger partial charge in [-0.2, -0.15) is 0 Å². The van der Waals surface area contributed by atoms with Crippen molar-refractivity contribution in [3.05, 3.63) is 58.6 Å². The first-order chi connectivity index (χ1) is 17.0. The van der Waals surface area contributed by atoms with Crippen molar-refractivity contribution < 1.29 is 14.3 Å². The third-order valence-electron chi connectivity index (χ3n) is 5.68. The zero-order valence-electron chi connectivity index (χ0n) is 19.4. The maximum absolute atomic E-state index is 12.4. The minimum Gasteiger partial charge on any atom is -0.492 e. The maximum Gasteiger partial charge on any atom is 0.275 e. The minimum atomic E-state index is -0.459. The number of aryl methyl sites for hydroxylation is 1. The SMILES string of the molecule is CNCCOc1ccc(-c2sc3nc(-c4cccs4)nc(NC4=C(C)C(=O)NC4=O)c3c2C)cc1. The molecular weight excluding hydrogens is 482 g/mol. The van der Waals surface area contributed by atoms with Gasteiger partial charge >= 0.3 is 0 Å². The van der Waals surface area contributed by atoms with Gasteiger partial charge in [-0.15, -0.1) is 22.7 Å². The van der Waals surface area contributed by atoms with Gasteiger partial charge in [0.15, 0.2) is 5.82 Å². The summed E-state index contributed by atoms with van der Waals surface area (Å²) in [6.45, 7) is 5.01. The highest BCUT2D eigenvalue weighted by atomic mass is 32.1. The second kappa shape index (κ2) is 9.57. The van der Waals surface area contributed by atoms with E-state index in [0.717, 1.165) is 43.4 Å². The molecule has 4 aromatic rings. The van der Waals surface area contributed by atoms with Crippen molar-refractivity contribution in [3.63, 3.8) is 0 Å². The number of imide groups is 1. The first-order valence-electron chi connectivity index (χ1n) is 11.0. The quantitative estimate of drug-likeness (QED) is 0.242. The Hall–Kier alpha value is -3.60. The molecule has 10 heteroatoms. The van der Waals surface area contributed by atoms with Gasteiger partial charge < -0.3 is 15.4 Å². The topological polar surface area (TPSA) is 105 Å². The zero-order valence-corrected chi connectivity index (χ0v) is 21.0.